The summed E-state index contributed by atoms with van der Waals surface area (Å²) in [5, 5.41) is 9.17. The smallest absolute Gasteiger partial charge is 0.183 e. The molecule has 1 aromatic rings. The monoisotopic (exact) mass is 382 g/mol. The van der Waals surface area contributed by atoms with E-state index in [1.54, 1.807) is 12.4 Å². The van der Waals surface area contributed by atoms with Crippen molar-refractivity contribution in [2.45, 2.75) is 38.8 Å². The molecule has 2 aliphatic rings. The van der Waals surface area contributed by atoms with E-state index in [0.29, 0.717) is 24.2 Å². The van der Waals surface area contributed by atoms with Crippen LogP contribution in [0.5, 0.6) is 0 Å². The highest BCUT2D eigenvalue weighted by Crippen LogP contribution is 2.21. The lowest BCUT2D eigenvalue weighted by molar-refractivity contribution is 0.0593. The van der Waals surface area contributed by atoms with Crippen LogP contribution in [0.4, 0.5) is 5.82 Å². The summed E-state index contributed by atoms with van der Waals surface area (Å²) in [5.74, 6) is 7.11. The van der Waals surface area contributed by atoms with Gasteiger partial charge in [0.25, 0.3) is 0 Å². The van der Waals surface area contributed by atoms with Crippen molar-refractivity contribution in [1.82, 2.24) is 19.8 Å². The molecule has 0 aromatic carbocycles. The topological polar surface area (TPSA) is 68.5 Å². The third-order valence-electron chi connectivity index (χ3n) is 5.48. The molecule has 7 nitrogen and oxygen atoms in total. The molecule has 0 bridgehead atoms. The van der Waals surface area contributed by atoms with E-state index >= 15 is 0 Å². The molecular formula is C21H30N6O. The zero-order chi connectivity index (χ0) is 19.8. The maximum Gasteiger partial charge on any atom is 0.183 e. The Balaban J connectivity index is 1.33. The van der Waals surface area contributed by atoms with Crippen LogP contribution < -0.4 is 4.90 Å². The molecule has 28 heavy (non-hydrogen) atoms. The molecule has 7 heteroatoms. The molecular weight excluding hydrogens is 352 g/mol. The van der Waals surface area contributed by atoms with Crippen molar-refractivity contribution >= 4 is 5.82 Å². The van der Waals surface area contributed by atoms with Crippen molar-refractivity contribution < 1.29 is 4.74 Å². The maximum atomic E-state index is 9.17. The van der Waals surface area contributed by atoms with Crippen LogP contribution in [-0.4, -0.2) is 84.3 Å². The number of ether oxygens (including phenoxy) is 1. The van der Waals surface area contributed by atoms with E-state index in [2.05, 4.69) is 56.4 Å². The predicted octanol–water partition coefficient (Wildman–Crippen LogP) is 1.36. The summed E-state index contributed by atoms with van der Waals surface area (Å²) in [6.45, 7) is 11.9. The maximum absolute atomic E-state index is 9.17. The zero-order valence-electron chi connectivity index (χ0n) is 17.0. The summed E-state index contributed by atoms with van der Waals surface area (Å²) in [5.41, 5.74) is 0.391. The number of hydrogen-bond donors (Lipinski definition) is 0. The number of rotatable bonds is 5. The average Bonchev–Trinajstić information content (AvgIpc) is 2.74. The molecule has 0 aliphatic carbocycles. The number of nitrogens with zero attached hydrogens (tertiary/aromatic N) is 6. The van der Waals surface area contributed by atoms with Crippen LogP contribution in [0.1, 0.15) is 32.4 Å². The molecule has 3 heterocycles. The summed E-state index contributed by atoms with van der Waals surface area (Å²) in [6.07, 6.45) is 5.25. The van der Waals surface area contributed by atoms with Crippen LogP contribution in [0.2, 0.25) is 0 Å². The van der Waals surface area contributed by atoms with E-state index in [1.807, 2.05) is 0 Å². The summed E-state index contributed by atoms with van der Waals surface area (Å²) in [6, 6.07) is 2.75. The molecule has 2 saturated heterocycles. The Kier molecular flexibility index (Phi) is 7.62. The second-order valence-corrected chi connectivity index (χ2v) is 7.60. The van der Waals surface area contributed by atoms with Gasteiger partial charge in [-0.3, -0.25) is 9.80 Å². The van der Waals surface area contributed by atoms with Crippen LogP contribution in [0, 0.1) is 23.2 Å². The number of hydrogen-bond acceptors (Lipinski definition) is 7. The number of piperidine rings is 1. The lowest BCUT2D eigenvalue weighted by Gasteiger charge is -2.36. The number of anilines is 1. The van der Waals surface area contributed by atoms with Gasteiger partial charge in [-0.25, -0.2) is 9.97 Å². The molecule has 0 amide bonds. The first kappa shape index (κ1) is 20.5. The Morgan fingerprint density at radius 2 is 1.79 bits per heavy atom. The lowest BCUT2D eigenvalue weighted by atomic mass is 10.1. The highest BCUT2D eigenvalue weighted by Gasteiger charge is 2.22. The van der Waals surface area contributed by atoms with Crippen LogP contribution in [0.15, 0.2) is 12.4 Å². The minimum Gasteiger partial charge on any atom is -0.365 e. The van der Waals surface area contributed by atoms with Gasteiger partial charge in [-0.15, -0.1) is 0 Å². The molecule has 0 radical (unpaired) electrons. The minimum atomic E-state index is 0.224. The van der Waals surface area contributed by atoms with E-state index in [1.165, 1.54) is 0 Å². The van der Waals surface area contributed by atoms with E-state index in [-0.39, 0.29) is 6.10 Å². The van der Waals surface area contributed by atoms with Crippen molar-refractivity contribution in [3.05, 3.63) is 18.1 Å². The molecule has 0 spiro atoms. The Morgan fingerprint density at radius 1 is 1.07 bits per heavy atom. The highest BCUT2D eigenvalue weighted by molar-refractivity contribution is 5.49. The van der Waals surface area contributed by atoms with E-state index in [0.717, 1.165) is 58.7 Å². The molecule has 2 fully saturated rings. The molecule has 0 unspecified atom stereocenters. The van der Waals surface area contributed by atoms with Crippen molar-refractivity contribution in [1.29, 1.82) is 5.26 Å². The largest absolute Gasteiger partial charge is 0.365 e. The molecule has 150 valence electrons. The number of aromatic nitrogens is 2. The van der Waals surface area contributed by atoms with Crippen molar-refractivity contribution in [2.75, 3.05) is 57.3 Å². The average molecular weight is 383 g/mol. The van der Waals surface area contributed by atoms with Gasteiger partial charge in [0.2, 0.25) is 0 Å². The minimum absolute atomic E-state index is 0.224. The third-order valence-corrected chi connectivity index (χ3v) is 5.48. The Labute approximate surface area is 168 Å². The summed E-state index contributed by atoms with van der Waals surface area (Å²) in [7, 11) is 0. The fraction of sp³-hybridized carbons (Fsp3) is 0.667. The van der Waals surface area contributed by atoms with Gasteiger partial charge in [-0.2, -0.15) is 5.26 Å². The SMILES string of the molecule is CC(C)N1CCN(CC#CCOC2CCN(c3nccnc3C#N)CC2)CC1. The van der Waals surface area contributed by atoms with Crippen molar-refractivity contribution in [3.63, 3.8) is 0 Å². The highest BCUT2D eigenvalue weighted by atomic mass is 16.5. The first-order chi connectivity index (χ1) is 13.7. The second kappa shape index (κ2) is 10.4. The molecule has 0 saturated carbocycles. The van der Waals surface area contributed by atoms with Gasteiger partial charge in [0, 0.05) is 57.7 Å². The van der Waals surface area contributed by atoms with E-state index in [4.69, 9.17) is 4.74 Å². The van der Waals surface area contributed by atoms with E-state index in [9.17, 15) is 5.26 Å². The van der Waals surface area contributed by atoms with Crippen LogP contribution in [0.25, 0.3) is 0 Å². The Hall–Kier alpha value is -2.19. The quantitative estimate of drug-likeness (QED) is 0.712. The molecule has 3 rings (SSSR count). The Bertz CT molecular complexity index is 718. The van der Waals surface area contributed by atoms with Crippen LogP contribution in [-0.2, 0) is 4.74 Å². The zero-order valence-corrected chi connectivity index (χ0v) is 17.0. The first-order valence-electron chi connectivity index (χ1n) is 10.2. The normalized spacial score (nSPS) is 19.3. The Morgan fingerprint density at radius 3 is 2.46 bits per heavy atom. The molecule has 1 aromatic heterocycles. The van der Waals surface area contributed by atoms with Gasteiger partial charge >= 0.3 is 0 Å². The van der Waals surface area contributed by atoms with Gasteiger partial charge in [-0.05, 0) is 26.7 Å². The third kappa shape index (κ3) is 5.65. The van der Waals surface area contributed by atoms with E-state index < -0.39 is 0 Å². The first-order valence-corrected chi connectivity index (χ1v) is 10.2. The molecule has 2 aliphatic heterocycles. The van der Waals surface area contributed by atoms with Gasteiger partial charge in [0.15, 0.2) is 11.5 Å². The number of nitriles is 1. The van der Waals surface area contributed by atoms with Crippen molar-refractivity contribution in [2.24, 2.45) is 0 Å². The van der Waals surface area contributed by atoms with Gasteiger partial charge in [0.1, 0.15) is 12.7 Å². The predicted molar refractivity (Wildman–Crippen MR) is 109 cm³/mol. The summed E-state index contributed by atoms with van der Waals surface area (Å²) < 4.78 is 5.93. The lowest BCUT2D eigenvalue weighted by Crippen LogP contribution is -2.48. The molecule has 0 N–H and O–H groups in total. The van der Waals surface area contributed by atoms with Crippen LogP contribution in [0.3, 0.4) is 0 Å². The summed E-state index contributed by atoms with van der Waals surface area (Å²) in [4.78, 5) is 15.5. The fourth-order valence-corrected chi connectivity index (χ4v) is 3.69. The van der Waals surface area contributed by atoms with Crippen LogP contribution >= 0.6 is 0 Å². The second-order valence-electron chi connectivity index (χ2n) is 7.60. The molecule has 0 atom stereocenters. The summed E-state index contributed by atoms with van der Waals surface area (Å²) >= 11 is 0. The number of piperazine rings is 1. The fourth-order valence-electron chi connectivity index (χ4n) is 3.69. The standard InChI is InChI=1S/C21H30N6O/c1-18(2)26-14-12-25(13-15-26)9-3-4-16-28-19-5-10-27(11-6-19)21-20(17-22)23-7-8-24-21/h7-8,18-19H,5-6,9-16H2,1-2H3. The van der Waals surface area contributed by atoms with Gasteiger partial charge < -0.3 is 9.64 Å². The van der Waals surface area contributed by atoms with Gasteiger partial charge in [-0.1, -0.05) is 11.8 Å². The van der Waals surface area contributed by atoms with Crippen molar-refractivity contribution in [3.8, 4) is 17.9 Å². The van der Waals surface area contributed by atoms with Gasteiger partial charge in [0.05, 0.1) is 12.6 Å².